The largest absolute Gasteiger partial charge is 0.389 e. The first-order valence-electron chi connectivity index (χ1n) is 7.03. The lowest BCUT2D eigenvalue weighted by molar-refractivity contribution is 0.199. The van der Waals surface area contributed by atoms with Crippen LogP contribution in [0.4, 0.5) is 5.69 Å². The van der Waals surface area contributed by atoms with Gasteiger partial charge in [-0.15, -0.1) is 0 Å². The molecule has 1 aliphatic heterocycles. The zero-order valence-electron chi connectivity index (χ0n) is 11.9. The molecule has 1 aromatic carbocycles. The third kappa shape index (κ3) is 2.69. The maximum Gasteiger partial charge on any atom is 0.0761 e. The summed E-state index contributed by atoms with van der Waals surface area (Å²) in [4.78, 5) is 2.50. The molecule has 18 heavy (non-hydrogen) atoms. The SMILES string of the molecule is CC1CC(C)C(C)N(c2ccc([C@H](C)O)cc2)C1. The predicted octanol–water partition coefficient (Wildman–Crippen LogP) is 3.61. The van der Waals surface area contributed by atoms with Gasteiger partial charge in [-0.1, -0.05) is 26.0 Å². The molecular formula is C16H25NO. The molecule has 1 fully saturated rings. The summed E-state index contributed by atoms with van der Waals surface area (Å²) in [6.07, 6.45) is 0.944. The Balaban J connectivity index is 2.19. The topological polar surface area (TPSA) is 23.5 Å². The van der Waals surface area contributed by atoms with Gasteiger partial charge in [0.15, 0.2) is 0 Å². The van der Waals surface area contributed by atoms with E-state index in [0.29, 0.717) is 6.04 Å². The number of aliphatic hydroxyl groups is 1. The van der Waals surface area contributed by atoms with Crippen molar-refractivity contribution in [2.75, 3.05) is 11.4 Å². The molecule has 0 aliphatic carbocycles. The highest BCUT2D eigenvalue weighted by atomic mass is 16.3. The van der Waals surface area contributed by atoms with Crippen LogP contribution in [0.1, 0.15) is 45.8 Å². The monoisotopic (exact) mass is 247 g/mol. The second-order valence-electron chi connectivity index (χ2n) is 5.98. The quantitative estimate of drug-likeness (QED) is 0.863. The lowest BCUT2D eigenvalue weighted by Crippen LogP contribution is -2.45. The maximum atomic E-state index is 9.55. The second kappa shape index (κ2) is 5.31. The number of aliphatic hydroxyl groups excluding tert-OH is 1. The summed E-state index contributed by atoms with van der Waals surface area (Å²) in [6, 6.07) is 8.96. The van der Waals surface area contributed by atoms with E-state index in [9.17, 15) is 5.11 Å². The molecule has 2 rings (SSSR count). The van der Waals surface area contributed by atoms with Crippen molar-refractivity contribution < 1.29 is 5.11 Å². The smallest absolute Gasteiger partial charge is 0.0761 e. The molecular weight excluding hydrogens is 222 g/mol. The van der Waals surface area contributed by atoms with E-state index in [1.807, 2.05) is 19.1 Å². The molecule has 1 saturated heterocycles. The molecule has 0 spiro atoms. The van der Waals surface area contributed by atoms with E-state index in [1.54, 1.807) is 0 Å². The zero-order chi connectivity index (χ0) is 13.3. The molecule has 100 valence electrons. The van der Waals surface area contributed by atoms with Crippen LogP contribution < -0.4 is 4.90 Å². The fourth-order valence-electron chi connectivity index (χ4n) is 3.00. The highest BCUT2D eigenvalue weighted by Crippen LogP contribution is 2.31. The first kappa shape index (κ1) is 13.4. The first-order chi connectivity index (χ1) is 8.49. The van der Waals surface area contributed by atoms with Crippen LogP contribution in [0.15, 0.2) is 24.3 Å². The molecule has 1 aliphatic rings. The van der Waals surface area contributed by atoms with Crippen molar-refractivity contribution in [2.24, 2.45) is 11.8 Å². The fraction of sp³-hybridized carbons (Fsp3) is 0.625. The van der Waals surface area contributed by atoms with Crippen LogP contribution in [-0.2, 0) is 0 Å². The molecule has 1 aromatic rings. The van der Waals surface area contributed by atoms with Crippen LogP contribution in [0.5, 0.6) is 0 Å². The summed E-state index contributed by atoms with van der Waals surface area (Å²) < 4.78 is 0. The number of hydrogen-bond acceptors (Lipinski definition) is 2. The number of nitrogens with zero attached hydrogens (tertiary/aromatic N) is 1. The molecule has 1 heterocycles. The highest BCUT2D eigenvalue weighted by Gasteiger charge is 2.28. The van der Waals surface area contributed by atoms with Crippen molar-refractivity contribution in [1.82, 2.24) is 0 Å². The van der Waals surface area contributed by atoms with E-state index >= 15 is 0 Å². The number of rotatable bonds is 2. The Morgan fingerprint density at radius 1 is 1.17 bits per heavy atom. The van der Waals surface area contributed by atoms with Gasteiger partial charge in [0.05, 0.1) is 6.10 Å². The Labute approximate surface area is 111 Å². The van der Waals surface area contributed by atoms with Gasteiger partial charge in [0.25, 0.3) is 0 Å². The van der Waals surface area contributed by atoms with Crippen LogP contribution >= 0.6 is 0 Å². The van der Waals surface area contributed by atoms with Gasteiger partial charge in [-0.25, -0.2) is 0 Å². The minimum Gasteiger partial charge on any atom is -0.389 e. The molecule has 0 saturated carbocycles. The summed E-state index contributed by atoms with van der Waals surface area (Å²) in [5.74, 6) is 1.50. The van der Waals surface area contributed by atoms with E-state index in [1.165, 1.54) is 12.1 Å². The van der Waals surface area contributed by atoms with Crippen LogP contribution in [0.2, 0.25) is 0 Å². The zero-order valence-corrected chi connectivity index (χ0v) is 11.9. The molecule has 0 radical (unpaired) electrons. The minimum atomic E-state index is -0.379. The van der Waals surface area contributed by atoms with Gasteiger partial charge < -0.3 is 10.0 Å². The highest BCUT2D eigenvalue weighted by molar-refractivity contribution is 5.49. The van der Waals surface area contributed by atoms with Gasteiger partial charge in [-0.3, -0.25) is 0 Å². The van der Waals surface area contributed by atoms with Crippen molar-refractivity contribution in [3.8, 4) is 0 Å². The molecule has 0 amide bonds. The van der Waals surface area contributed by atoms with Crippen molar-refractivity contribution >= 4 is 5.69 Å². The summed E-state index contributed by atoms with van der Waals surface area (Å²) in [6.45, 7) is 9.94. The molecule has 3 unspecified atom stereocenters. The second-order valence-corrected chi connectivity index (χ2v) is 5.98. The van der Waals surface area contributed by atoms with E-state index < -0.39 is 0 Å². The third-order valence-electron chi connectivity index (χ3n) is 4.30. The average Bonchev–Trinajstić information content (AvgIpc) is 2.34. The summed E-state index contributed by atoms with van der Waals surface area (Å²) >= 11 is 0. The van der Waals surface area contributed by atoms with Crippen molar-refractivity contribution in [3.63, 3.8) is 0 Å². The minimum absolute atomic E-state index is 0.379. The van der Waals surface area contributed by atoms with Gasteiger partial charge in [0.1, 0.15) is 0 Å². The molecule has 0 aromatic heterocycles. The number of hydrogen-bond donors (Lipinski definition) is 1. The van der Waals surface area contributed by atoms with Crippen LogP contribution in [0.3, 0.4) is 0 Å². The van der Waals surface area contributed by atoms with Crippen LogP contribution in [-0.4, -0.2) is 17.7 Å². The standard InChI is InChI=1S/C16H25NO/c1-11-9-12(2)13(3)17(10-11)16-7-5-15(6-8-16)14(4)18/h5-8,11-14,18H,9-10H2,1-4H3/t11?,12?,13?,14-/m0/s1. The number of anilines is 1. The Morgan fingerprint density at radius 3 is 2.33 bits per heavy atom. The molecule has 0 bridgehead atoms. The Morgan fingerprint density at radius 2 is 1.78 bits per heavy atom. The Hall–Kier alpha value is -1.02. The predicted molar refractivity (Wildman–Crippen MR) is 76.8 cm³/mol. The Kier molecular flexibility index (Phi) is 3.96. The lowest BCUT2D eigenvalue weighted by atomic mass is 9.85. The first-order valence-corrected chi connectivity index (χ1v) is 7.03. The van der Waals surface area contributed by atoms with Gasteiger partial charge >= 0.3 is 0 Å². The normalized spacial score (nSPS) is 30.3. The lowest BCUT2D eigenvalue weighted by Gasteiger charge is -2.42. The van der Waals surface area contributed by atoms with Crippen molar-refractivity contribution in [1.29, 1.82) is 0 Å². The summed E-state index contributed by atoms with van der Waals surface area (Å²) in [5, 5.41) is 9.55. The Bertz CT molecular complexity index is 385. The molecule has 2 heteroatoms. The molecule has 2 nitrogen and oxygen atoms in total. The molecule has 1 N–H and O–H groups in total. The van der Waals surface area contributed by atoms with Crippen LogP contribution in [0, 0.1) is 11.8 Å². The maximum absolute atomic E-state index is 9.55. The van der Waals surface area contributed by atoms with Crippen LogP contribution in [0.25, 0.3) is 0 Å². The van der Waals surface area contributed by atoms with Gasteiger partial charge in [-0.2, -0.15) is 0 Å². The van der Waals surface area contributed by atoms with E-state index in [2.05, 4.69) is 37.8 Å². The summed E-state index contributed by atoms with van der Waals surface area (Å²) in [5.41, 5.74) is 2.27. The average molecular weight is 247 g/mol. The van der Waals surface area contributed by atoms with Crippen molar-refractivity contribution in [2.45, 2.75) is 46.3 Å². The third-order valence-corrected chi connectivity index (χ3v) is 4.30. The van der Waals surface area contributed by atoms with Gasteiger partial charge in [-0.05, 0) is 49.8 Å². The number of benzene rings is 1. The molecule has 4 atom stereocenters. The van der Waals surface area contributed by atoms with E-state index in [-0.39, 0.29) is 6.10 Å². The van der Waals surface area contributed by atoms with Gasteiger partial charge in [0.2, 0.25) is 0 Å². The van der Waals surface area contributed by atoms with E-state index in [0.717, 1.165) is 23.9 Å². The number of piperidine rings is 1. The summed E-state index contributed by atoms with van der Waals surface area (Å²) in [7, 11) is 0. The fourth-order valence-corrected chi connectivity index (χ4v) is 3.00. The van der Waals surface area contributed by atoms with Crippen molar-refractivity contribution in [3.05, 3.63) is 29.8 Å². The van der Waals surface area contributed by atoms with E-state index in [4.69, 9.17) is 0 Å². The van der Waals surface area contributed by atoms with Gasteiger partial charge in [0, 0.05) is 18.3 Å².